The van der Waals surface area contributed by atoms with Crippen LogP contribution in [0.4, 0.5) is 5.82 Å². The smallest absolute Gasteiger partial charge is 0.240 e. The number of carbonyl (C=O) groups excluding carboxylic acids is 2. The van der Waals surface area contributed by atoms with Crippen LogP contribution in [0.1, 0.15) is 21.9 Å². The third-order valence-corrected chi connectivity index (χ3v) is 8.27. The first-order valence-corrected chi connectivity index (χ1v) is 14.4. The zero-order chi connectivity index (χ0) is 28.3. The molecule has 1 unspecified atom stereocenters. The number of rotatable bonds is 8. The molecule has 6 rings (SSSR count). The van der Waals surface area contributed by atoms with Gasteiger partial charge in [-0.05, 0) is 42.3 Å². The second kappa shape index (κ2) is 11.7. The number of fused-ring (bicyclic) bond motifs is 2. The van der Waals surface area contributed by atoms with Crippen LogP contribution in [0.25, 0.3) is 16.9 Å². The van der Waals surface area contributed by atoms with Crippen LogP contribution in [-0.4, -0.2) is 60.9 Å². The van der Waals surface area contributed by atoms with Gasteiger partial charge >= 0.3 is 0 Å². The molecule has 0 saturated heterocycles. The van der Waals surface area contributed by atoms with Gasteiger partial charge in [0.25, 0.3) is 0 Å². The Bertz CT molecular complexity index is 1590. The van der Waals surface area contributed by atoms with Gasteiger partial charge in [-0.2, -0.15) is 5.10 Å². The fourth-order valence-electron chi connectivity index (χ4n) is 5.10. The largest absolute Gasteiger partial charge is 0.454 e. The molecule has 1 N–H and O–H groups in total. The normalized spacial score (nSPS) is 15.9. The van der Waals surface area contributed by atoms with Crippen molar-refractivity contribution < 1.29 is 23.8 Å². The third-order valence-electron chi connectivity index (χ3n) is 7.01. The minimum atomic E-state index is -0.272. The maximum Gasteiger partial charge on any atom is 0.240 e. The van der Waals surface area contributed by atoms with Crippen LogP contribution in [0.3, 0.4) is 0 Å². The fourth-order valence-corrected chi connectivity index (χ4v) is 6.29. The molecule has 3 aromatic carbocycles. The molecular formula is C31H30N4O5S. The number of aromatic nitrogens is 2. The topological polar surface area (TPSA) is 94.9 Å². The second-order valence-electron chi connectivity index (χ2n) is 9.83. The van der Waals surface area contributed by atoms with Crippen molar-refractivity contribution >= 4 is 29.4 Å². The molecular weight excluding hydrogens is 540 g/mol. The summed E-state index contributed by atoms with van der Waals surface area (Å²) in [5.41, 5.74) is 5.34. The van der Waals surface area contributed by atoms with Crippen molar-refractivity contribution in [3.63, 3.8) is 0 Å². The number of hydrogen-bond acceptors (Lipinski definition) is 7. The third kappa shape index (κ3) is 5.40. The summed E-state index contributed by atoms with van der Waals surface area (Å²) in [5.74, 6) is 1.68. The molecule has 1 atom stereocenters. The van der Waals surface area contributed by atoms with Gasteiger partial charge in [-0.1, -0.05) is 48.5 Å². The predicted octanol–water partition coefficient (Wildman–Crippen LogP) is 4.51. The average molecular weight is 571 g/mol. The van der Waals surface area contributed by atoms with Crippen molar-refractivity contribution in [3.8, 4) is 28.4 Å². The van der Waals surface area contributed by atoms with Crippen molar-refractivity contribution in [1.29, 1.82) is 0 Å². The maximum absolute atomic E-state index is 13.8. The first-order valence-electron chi connectivity index (χ1n) is 13.4. The maximum atomic E-state index is 13.8. The molecule has 3 heterocycles. The molecule has 0 radical (unpaired) electrons. The Balaban J connectivity index is 1.57. The van der Waals surface area contributed by atoms with Gasteiger partial charge in [0, 0.05) is 24.8 Å². The highest BCUT2D eigenvalue weighted by atomic mass is 32.2. The van der Waals surface area contributed by atoms with Crippen LogP contribution < -0.4 is 19.7 Å². The molecule has 0 spiro atoms. The molecule has 0 saturated carbocycles. The van der Waals surface area contributed by atoms with Gasteiger partial charge in [0.05, 0.1) is 29.0 Å². The molecule has 41 heavy (non-hydrogen) atoms. The van der Waals surface area contributed by atoms with E-state index in [9.17, 15) is 9.59 Å². The molecule has 2 aliphatic rings. The van der Waals surface area contributed by atoms with E-state index in [-0.39, 0.29) is 36.2 Å². The van der Waals surface area contributed by atoms with E-state index in [0.29, 0.717) is 30.5 Å². The number of methoxy groups -OCH3 is 1. The fraction of sp³-hybridized carbons (Fsp3) is 0.258. The van der Waals surface area contributed by atoms with Gasteiger partial charge in [0.2, 0.25) is 18.6 Å². The van der Waals surface area contributed by atoms with Crippen molar-refractivity contribution in [3.05, 3.63) is 89.5 Å². The number of ether oxygens (including phenoxy) is 3. The molecule has 1 aromatic heterocycles. The molecule has 2 aliphatic heterocycles. The Morgan fingerprint density at radius 1 is 1.07 bits per heavy atom. The molecule has 0 bridgehead atoms. The molecule has 2 amide bonds. The van der Waals surface area contributed by atoms with Gasteiger partial charge in [-0.3, -0.25) is 14.5 Å². The summed E-state index contributed by atoms with van der Waals surface area (Å²) in [6.07, 6.45) is 0. The van der Waals surface area contributed by atoms with Gasteiger partial charge in [-0.25, -0.2) is 4.68 Å². The number of thioether (sulfide) groups is 1. The molecule has 9 nitrogen and oxygen atoms in total. The first-order chi connectivity index (χ1) is 20.0. The SMILES string of the molecule is COCCNC(=O)CN1C(=O)CSC(c2ccc3c(c2)OCO3)c2c(-c3ccccc3)nn(-c3cccc(C)c3)c21. The summed E-state index contributed by atoms with van der Waals surface area (Å²) >= 11 is 1.51. The summed E-state index contributed by atoms with van der Waals surface area (Å²) in [6.45, 7) is 2.78. The van der Waals surface area contributed by atoms with Crippen LogP contribution in [0.2, 0.25) is 0 Å². The van der Waals surface area contributed by atoms with Crippen LogP contribution in [-0.2, 0) is 14.3 Å². The lowest BCUT2D eigenvalue weighted by atomic mass is 9.99. The number of nitrogens with zero attached hydrogens (tertiary/aromatic N) is 3. The number of carbonyl (C=O) groups is 2. The highest BCUT2D eigenvalue weighted by Gasteiger charge is 2.38. The summed E-state index contributed by atoms with van der Waals surface area (Å²) in [4.78, 5) is 28.5. The molecule has 4 aromatic rings. The number of nitrogens with one attached hydrogen (secondary N) is 1. The molecule has 0 fully saturated rings. The zero-order valence-corrected chi connectivity index (χ0v) is 23.6. The monoisotopic (exact) mass is 570 g/mol. The number of anilines is 1. The van der Waals surface area contributed by atoms with Crippen molar-refractivity contribution in [1.82, 2.24) is 15.1 Å². The standard InChI is InChI=1S/C31H30N4O5S/c1-20-7-6-10-23(15-20)35-31-28(29(33-35)21-8-4-3-5-9-21)30(22-11-12-24-25(16-22)40-19-39-24)41-18-27(37)34(31)17-26(36)32-13-14-38-2/h3-12,15-16,30H,13-14,17-19H2,1-2H3,(H,32,36). The van der Waals surface area contributed by atoms with E-state index in [1.807, 2.05) is 79.7 Å². The lowest BCUT2D eigenvalue weighted by molar-refractivity contribution is -0.123. The number of hydrogen-bond donors (Lipinski definition) is 1. The van der Waals surface area contributed by atoms with E-state index in [4.69, 9.17) is 19.3 Å². The summed E-state index contributed by atoms with van der Waals surface area (Å²) in [7, 11) is 1.58. The molecule has 0 aliphatic carbocycles. The Morgan fingerprint density at radius 2 is 1.90 bits per heavy atom. The zero-order valence-electron chi connectivity index (χ0n) is 22.8. The summed E-state index contributed by atoms with van der Waals surface area (Å²) < 4.78 is 18.1. The van der Waals surface area contributed by atoms with Crippen molar-refractivity contribution in [2.45, 2.75) is 12.2 Å². The quantitative estimate of drug-likeness (QED) is 0.312. The van der Waals surface area contributed by atoms with Crippen LogP contribution in [0.15, 0.2) is 72.8 Å². The van der Waals surface area contributed by atoms with Gasteiger partial charge in [0.1, 0.15) is 12.4 Å². The number of amides is 2. The van der Waals surface area contributed by atoms with Gasteiger partial charge in [-0.15, -0.1) is 11.8 Å². The summed E-state index contributed by atoms with van der Waals surface area (Å²) in [5, 5.41) is 7.72. The van der Waals surface area contributed by atoms with Gasteiger partial charge < -0.3 is 19.5 Å². The van der Waals surface area contributed by atoms with E-state index in [1.54, 1.807) is 16.7 Å². The van der Waals surface area contributed by atoms with Crippen molar-refractivity contribution in [2.75, 3.05) is 44.3 Å². The molecule has 10 heteroatoms. The highest BCUT2D eigenvalue weighted by Crippen LogP contribution is 2.50. The second-order valence-corrected chi connectivity index (χ2v) is 10.9. The molecule has 210 valence electrons. The Labute approximate surface area is 242 Å². The van der Waals surface area contributed by atoms with E-state index >= 15 is 0 Å². The van der Waals surface area contributed by atoms with E-state index in [1.165, 1.54) is 11.8 Å². The van der Waals surface area contributed by atoms with Crippen LogP contribution in [0, 0.1) is 6.92 Å². The van der Waals surface area contributed by atoms with Crippen LogP contribution in [0.5, 0.6) is 11.5 Å². The summed E-state index contributed by atoms with van der Waals surface area (Å²) in [6, 6.07) is 23.8. The van der Waals surface area contributed by atoms with E-state index < -0.39 is 0 Å². The van der Waals surface area contributed by atoms with E-state index in [2.05, 4.69) is 5.32 Å². The number of aryl methyl sites for hydroxylation is 1. The Kier molecular flexibility index (Phi) is 7.67. The Hall–Kier alpha value is -4.28. The number of benzene rings is 3. The van der Waals surface area contributed by atoms with Crippen molar-refractivity contribution in [2.24, 2.45) is 0 Å². The van der Waals surface area contributed by atoms with Gasteiger partial charge in [0.15, 0.2) is 11.5 Å². The first kappa shape index (κ1) is 26.9. The van der Waals surface area contributed by atoms with E-state index in [0.717, 1.165) is 33.6 Å². The minimum Gasteiger partial charge on any atom is -0.454 e. The highest BCUT2D eigenvalue weighted by molar-refractivity contribution is 8.00. The predicted molar refractivity (Wildman–Crippen MR) is 158 cm³/mol. The lowest BCUT2D eigenvalue weighted by Crippen LogP contribution is -2.43. The Morgan fingerprint density at radius 3 is 2.71 bits per heavy atom. The lowest BCUT2D eigenvalue weighted by Gasteiger charge is -2.23. The average Bonchev–Trinajstić information content (AvgIpc) is 3.58. The van der Waals surface area contributed by atoms with Crippen LogP contribution >= 0.6 is 11.8 Å². The minimum absolute atomic E-state index is 0.143.